The summed E-state index contributed by atoms with van der Waals surface area (Å²) in [5.41, 5.74) is 0. The van der Waals surface area contributed by atoms with E-state index in [0.717, 1.165) is 13.0 Å². The fraction of sp³-hybridized carbons (Fsp3) is 0.545. The molecule has 2 rings (SSSR count). The monoisotopic (exact) mass is 240 g/mol. The highest BCUT2D eigenvalue weighted by atomic mass is 32.1. The predicted molar refractivity (Wildman–Crippen MR) is 63.7 cm³/mol. The molecule has 1 aromatic heterocycles. The van der Waals surface area contributed by atoms with Crippen LogP contribution >= 0.6 is 11.3 Å². The Balaban J connectivity index is 1.71. The predicted octanol–water partition coefficient (Wildman–Crippen LogP) is 1.64. The minimum Gasteiger partial charge on any atom is -0.379 e. The maximum atomic E-state index is 11.5. The van der Waals surface area contributed by atoms with Crippen molar-refractivity contribution in [3.8, 4) is 0 Å². The zero-order valence-electron chi connectivity index (χ0n) is 9.29. The summed E-state index contributed by atoms with van der Waals surface area (Å²) in [5.74, 6) is 0. The lowest BCUT2D eigenvalue weighted by Gasteiger charge is -2.11. The van der Waals surface area contributed by atoms with Crippen molar-refractivity contribution in [2.24, 2.45) is 0 Å². The number of urea groups is 1. The van der Waals surface area contributed by atoms with Crippen molar-refractivity contribution in [3.63, 3.8) is 0 Å². The van der Waals surface area contributed by atoms with Gasteiger partial charge in [-0.3, -0.25) is 0 Å². The normalized spacial score (nSPS) is 19.7. The van der Waals surface area contributed by atoms with Crippen LogP contribution in [0.1, 0.15) is 16.2 Å². The molecule has 2 N–H and O–H groups in total. The second kappa shape index (κ2) is 5.32. The van der Waals surface area contributed by atoms with E-state index in [-0.39, 0.29) is 12.1 Å². The number of amides is 2. The van der Waals surface area contributed by atoms with Gasteiger partial charge in [-0.05, 0) is 25.5 Å². The molecule has 5 heteroatoms. The second-order valence-electron chi connectivity index (χ2n) is 3.90. The Morgan fingerprint density at radius 3 is 3.12 bits per heavy atom. The van der Waals surface area contributed by atoms with Gasteiger partial charge in [0.05, 0.1) is 19.2 Å². The molecule has 0 aliphatic carbocycles. The molecule has 16 heavy (non-hydrogen) atoms. The highest BCUT2D eigenvalue weighted by Gasteiger charge is 2.17. The largest absolute Gasteiger partial charge is 0.379 e. The first-order chi connectivity index (χ1) is 7.74. The molecule has 4 nitrogen and oxygen atoms in total. The Labute approximate surface area is 99.0 Å². The van der Waals surface area contributed by atoms with Crippen molar-refractivity contribution >= 4 is 17.4 Å². The van der Waals surface area contributed by atoms with Crippen molar-refractivity contribution < 1.29 is 9.53 Å². The smallest absolute Gasteiger partial charge is 0.315 e. The minimum absolute atomic E-state index is 0.110. The Kier molecular flexibility index (Phi) is 3.79. The molecule has 1 fully saturated rings. The van der Waals surface area contributed by atoms with E-state index >= 15 is 0 Å². The number of aryl methyl sites for hydroxylation is 1. The van der Waals surface area contributed by atoms with Gasteiger partial charge in [0.25, 0.3) is 0 Å². The topological polar surface area (TPSA) is 50.4 Å². The molecule has 2 heterocycles. The summed E-state index contributed by atoms with van der Waals surface area (Å²) in [5, 5.41) is 5.73. The van der Waals surface area contributed by atoms with Crippen molar-refractivity contribution in [1.29, 1.82) is 0 Å². The molecule has 1 aliphatic heterocycles. The number of ether oxygens (including phenoxy) is 1. The third-order valence-corrected chi connectivity index (χ3v) is 3.48. The number of rotatable bonds is 3. The van der Waals surface area contributed by atoms with Gasteiger partial charge in [-0.15, -0.1) is 11.3 Å². The van der Waals surface area contributed by atoms with E-state index in [2.05, 4.69) is 23.6 Å². The van der Waals surface area contributed by atoms with E-state index < -0.39 is 0 Å². The summed E-state index contributed by atoms with van der Waals surface area (Å²) in [7, 11) is 0. The van der Waals surface area contributed by atoms with Crippen LogP contribution in [0.2, 0.25) is 0 Å². The van der Waals surface area contributed by atoms with Crippen LogP contribution in [0.5, 0.6) is 0 Å². The number of thiophene rings is 1. The van der Waals surface area contributed by atoms with Crippen molar-refractivity contribution in [2.45, 2.75) is 25.9 Å². The highest BCUT2D eigenvalue weighted by molar-refractivity contribution is 7.11. The first-order valence-electron chi connectivity index (χ1n) is 5.41. The summed E-state index contributed by atoms with van der Waals surface area (Å²) < 4.78 is 5.18. The fourth-order valence-electron chi connectivity index (χ4n) is 1.63. The minimum atomic E-state index is -0.110. The van der Waals surface area contributed by atoms with Gasteiger partial charge < -0.3 is 15.4 Å². The molecule has 0 spiro atoms. The van der Waals surface area contributed by atoms with Crippen LogP contribution < -0.4 is 10.6 Å². The Morgan fingerprint density at radius 1 is 1.62 bits per heavy atom. The summed E-state index contributed by atoms with van der Waals surface area (Å²) in [6, 6.07) is 4.16. The Hall–Kier alpha value is -1.07. The summed E-state index contributed by atoms with van der Waals surface area (Å²) in [4.78, 5) is 13.9. The Morgan fingerprint density at radius 2 is 2.50 bits per heavy atom. The van der Waals surface area contributed by atoms with Crippen LogP contribution in [0.3, 0.4) is 0 Å². The van der Waals surface area contributed by atoms with Crippen molar-refractivity contribution in [1.82, 2.24) is 10.6 Å². The van der Waals surface area contributed by atoms with Crippen LogP contribution in [-0.2, 0) is 11.3 Å². The average Bonchev–Trinajstić information content (AvgIpc) is 2.87. The average molecular weight is 240 g/mol. The maximum Gasteiger partial charge on any atom is 0.315 e. The lowest BCUT2D eigenvalue weighted by molar-refractivity contribution is 0.188. The summed E-state index contributed by atoms with van der Waals surface area (Å²) in [6.07, 6.45) is 0.908. The van der Waals surface area contributed by atoms with E-state index in [9.17, 15) is 4.79 Å². The number of carbonyl (C=O) groups is 1. The van der Waals surface area contributed by atoms with Gasteiger partial charge in [0.1, 0.15) is 0 Å². The Bertz CT molecular complexity index is 359. The van der Waals surface area contributed by atoms with Crippen LogP contribution in [-0.4, -0.2) is 25.3 Å². The molecule has 1 unspecified atom stereocenters. The van der Waals surface area contributed by atoms with E-state index in [4.69, 9.17) is 4.74 Å². The van der Waals surface area contributed by atoms with Gasteiger partial charge in [-0.25, -0.2) is 4.79 Å². The van der Waals surface area contributed by atoms with E-state index in [0.29, 0.717) is 13.2 Å². The van der Waals surface area contributed by atoms with Gasteiger partial charge in [0.15, 0.2) is 0 Å². The zero-order chi connectivity index (χ0) is 11.4. The molecule has 88 valence electrons. The van der Waals surface area contributed by atoms with Gasteiger partial charge >= 0.3 is 6.03 Å². The van der Waals surface area contributed by atoms with Crippen LogP contribution in [0.25, 0.3) is 0 Å². The highest BCUT2D eigenvalue weighted by Crippen LogP contribution is 2.14. The zero-order valence-corrected chi connectivity index (χ0v) is 10.1. The first kappa shape index (κ1) is 11.4. The summed E-state index contributed by atoms with van der Waals surface area (Å²) >= 11 is 1.71. The third-order valence-electron chi connectivity index (χ3n) is 2.48. The lowest BCUT2D eigenvalue weighted by Crippen LogP contribution is -2.41. The van der Waals surface area contributed by atoms with Crippen LogP contribution in [0.15, 0.2) is 12.1 Å². The molecule has 0 saturated carbocycles. The lowest BCUT2D eigenvalue weighted by atomic mass is 10.3. The van der Waals surface area contributed by atoms with Gasteiger partial charge in [-0.1, -0.05) is 0 Å². The van der Waals surface area contributed by atoms with Crippen LogP contribution in [0.4, 0.5) is 4.79 Å². The number of carbonyl (C=O) groups excluding carboxylic acids is 1. The van der Waals surface area contributed by atoms with Gasteiger partial charge in [0.2, 0.25) is 0 Å². The second-order valence-corrected chi connectivity index (χ2v) is 5.27. The molecule has 1 aliphatic rings. The third kappa shape index (κ3) is 3.21. The summed E-state index contributed by atoms with van der Waals surface area (Å²) in [6.45, 7) is 4.03. The van der Waals surface area contributed by atoms with Gasteiger partial charge in [0, 0.05) is 16.4 Å². The molecule has 1 saturated heterocycles. The van der Waals surface area contributed by atoms with E-state index in [1.807, 2.05) is 6.07 Å². The number of hydrogen-bond donors (Lipinski definition) is 2. The molecular formula is C11H16N2O2S. The molecule has 2 amide bonds. The van der Waals surface area contributed by atoms with Crippen LogP contribution in [0, 0.1) is 6.92 Å². The molecule has 0 radical (unpaired) electrons. The maximum absolute atomic E-state index is 11.5. The fourth-order valence-corrected chi connectivity index (χ4v) is 2.46. The van der Waals surface area contributed by atoms with Gasteiger partial charge in [-0.2, -0.15) is 0 Å². The quantitative estimate of drug-likeness (QED) is 0.844. The molecule has 0 bridgehead atoms. The molecule has 1 atom stereocenters. The van der Waals surface area contributed by atoms with Crippen molar-refractivity contribution in [2.75, 3.05) is 13.2 Å². The molecule has 1 aromatic rings. The molecule has 0 aromatic carbocycles. The molecular weight excluding hydrogens is 224 g/mol. The number of hydrogen-bond acceptors (Lipinski definition) is 3. The van der Waals surface area contributed by atoms with E-state index in [1.165, 1.54) is 9.75 Å². The SMILES string of the molecule is Cc1ccc(CNC(=O)NC2CCOC2)s1. The van der Waals surface area contributed by atoms with Crippen molar-refractivity contribution in [3.05, 3.63) is 21.9 Å². The first-order valence-corrected chi connectivity index (χ1v) is 6.23. The van der Waals surface area contributed by atoms with E-state index in [1.54, 1.807) is 11.3 Å². The standard InChI is InChI=1S/C11H16N2O2S/c1-8-2-3-10(16-8)6-12-11(14)13-9-4-5-15-7-9/h2-3,9H,4-7H2,1H3,(H2,12,13,14). The number of nitrogens with one attached hydrogen (secondary N) is 2.